The van der Waals surface area contributed by atoms with E-state index in [0.717, 1.165) is 29.4 Å². The first kappa shape index (κ1) is 12.4. The van der Waals surface area contributed by atoms with Gasteiger partial charge in [-0.05, 0) is 48.1 Å². The molecule has 0 fully saturated rings. The van der Waals surface area contributed by atoms with E-state index < -0.39 is 0 Å². The number of benzene rings is 2. The number of aryl methyl sites for hydroxylation is 1. The number of hydrogen-bond donors (Lipinski definition) is 2. The van der Waals surface area contributed by atoms with Crippen LogP contribution in [0, 0.1) is 0 Å². The number of pyridine rings is 1. The minimum absolute atomic E-state index is 1.02. The van der Waals surface area contributed by atoms with Gasteiger partial charge in [0, 0.05) is 11.1 Å². The van der Waals surface area contributed by atoms with Gasteiger partial charge in [0.1, 0.15) is 0 Å². The molecule has 0 amide bonds. The summed E-state index contributed by atoms with van der Waals surface area (Å²) in [5.41, 5.74) is 9.86. The molecule has 21 heavy (non-hydrogen) atoms. The van der Waals surface area contributed by atoms with E-state index >= 15 is 0 Å². The SMILES string of the molecule is NNc1c2c(nc3ccc(-c4ccccc4)cc13)CCC2. The highest BCUT2D eigenvalue weighted by Crippen LogP contribution is 2.35. The molecule has 1 aliphatic carbocycles. The van der Waals surface area contributed by atoms with Gasteiger partial charge in [-0.15, -0.1) is 0 Å². The zero-order valence-electron chi connectivity index (χ0n) is 11.8. The number of nitrogens with one attached hydrogen (secondary N) is 1. The number of anilines is 1. The maximum absolute atomic E-state index is 5.80. The summed E-state index contributed by atoms with van der Waals surface area (Å²) in [5, 5.41) is 1.11. The molecule has 3 N–H and O–H groups in total. The predicted molar refractivity (Wildman–Crippen MR) is 87.0 cm³/mol. The second-order valence-electron chi connectivity index (χ2n) is 5.51. The largest absolute Gasteiger partial charge is 0.323 e. The predicted octanol–water partition coefficient (Wildman–Crippen LogP) is 3.68. The molecule has 0 radical (unpaired) electrons. The molecule has 3 heteroatoms. The molecular formula is C18H17N3. The number of hydrazine groups is 1. The highest BCUT2D eigenvalue weighted by atomic mass is 15.2. The third kappa shape index (κ3) is 1.98. The van der Waals surface area contributed by atoms with Gasteiger partial charge in [0.05, 0.1) is 11.2 Å². The van der Waals surface area contributed by atoms with Crippen LogP contribution < -0.4 is 11.3 Å². The first-order chi connectivity index (χ1) is 10.4. The Morgan fingerprint density at radius 2 is 1.81 bits per heavy atom. The van der Waals surface area contributed by atoms with Crippen LogP contribution in [0.15, 0.2) is 48.5 Å². The Morgan fingerprint density at radius 1 is 0.952 bits per heavy atom. The lowest BCUT2D eigenvalue weighted by atomic mass is 10.0. The van der Waals surface area contributed by atoms with Crippen LogP contribution >= 0.6 is 0 Å². The van der Waals surface area contributed by atoms with E-state index in [1.807, 2.05) is 6.07 Å². The molecule has 4 rings (SSSR count). The molecule has 0 saturated heterocycles. The van der Waals surface area contributed by atoms with Gasteiger partial charge in [0.25, 0.3) is 0 Å². The van der Waals surface area contributed by atoms with Gasteiger partial charge in [-0.25, -0.2) is 0 Å². The van der Waals surface area contributed by atoms with Crippen LogP contribution in [0.25, 0.3) is 22.0 Å². The van der Waals surface area contributed by atoms with Crippen LogP contribution in [0.3, 0.4) is 0 Å². The monoisotopic (exact) mass is 275 g/mol. The summed E-state index contributed by atoms with van der Waals surface area (Å²) in [6.45, 7) is 0. The number of aromatic nitrogens is 1. The van der Waals surface area contributed by atoms with Gasteiger partial charge in [-0.3, -0.25) is 10.8 Å². The standard InChI is InChI=1S/C18H17N3/c19-21-18-14-7-4-8-16(14)20-17-10-9-13(11-15(17)18)12-5-2-1-3-6-12/h1-3,5-6,9-11H,4,7-8,19H2,(H,20,21). The van der Waals surface area contributed by atoms with Gasteiger partial charge in [-0.2, -0.15) is 0 Å². The van der Waals surface area contributed by atoms with Crippen molar-refractivity contribution >= 4 is 16.6 Å². The molecule has 0 bridgehead atoms. The van der Waals surface area contributed by atoms with Crippen molar-refractivity contribution in [3.05, 3.63) is 59.8 Å². The Hall–Kier alpha value is -2.39. The summed E-state index contributed by atoms with van der Waals surface area (Å²) < 4.78 is 0. The fourth-order valence-corrected chi connectivity index (χ4v) is 3.24. The lowest BCUT2D eigenvalue weighted by molar-refractivity contribution is 0.901. The maximum atomic E-state index is 5.80. The molecule has 0 unspecified atom stereocenters. The maximum Gasteiger partial charge on any atom is 0.0727 e. The molecule has 0 aliphatic heterocycles. The number of nitrogens with zero attached hydrogens (tertiary/aromatic N) is 1. The Kier molecular flexibility index (Phi) is 2.86. The van der Waals surface area contributed by atoms with E-state index in [9.17, 15) is 0 Å². The Labute approximate surface area is 123 Å². The summed E-state index contributed by atoms with van der Waals surface area (Å²) >= 11 is 0. The minimum Gasteiger partial charge on any atom is -0.323 e. The summed E-state index contributed by atoms with van der Waals surface area (Å²) in [6.07, 6.45) is 3.28. The molecule has 1 aromatic heterocycles. The van der Waals surface area contributed by atoms with Gasteiger partial charge < -0.3 is 5.43 Å². The Balaban J connectivity index is 1.97. The number of fused-ring (bicyclic) bond motifs is 2. The molecule has 1 aliphatic rings. The molecular weight excluding hydrogens is 258 g/mol. The Morgan fingerprint density at radius 3 is 2.62 bits per heavy atom. The molecule has 0 spiro atoms. The lowest BCUT2D eigenvalue weighted by Crippen LogP contribution is -2.10. The van der Waals surface area contributed by atoms with Gasteiger partial charge >= 0.3 is 0 Å². The van der Waals surface area contributed by atoms with Gasteiger partial charge in [0.2, 0.25) is 0 Å². The zero-order valence-corrected chi connectivity index (χ0v) is 11.8. The molecule has 3 aromatic rings. The third-order valence-electron chi connectivity index (χ3n) is 4.26. The van der Waals surface area contributed by atoms with Crippen molar-refractivity contribution in [2.24, 2.45) is 5.84 Å². The molecule has 0 atom stereocenters. The van der Waals surface area contributed by atoms with E-state index in [4.69, 9.17) is 10.8 Å². The van der Waals surface area contributed by atoms with Crippen LogP contribution in [0.2, 0.25) is 0 Å². The Bertz CT molecular complexity index is 810. The second-order valence-corrected chi connectivity index (χ2v) is 5.51. The van der Waals surface area contributed by atoms with E-state index in [2.05, 4.69) is 47.9 Å². The van der Waals surface area contributed by atoms with Crippen LogP contribution in [-0.4, -0.2) is 4.98 Å². The van der Waals surface area contributed by atoms with Gasteiger partial charge in [0.15, 0.2) is 0 Å². The highest BCUT2D eigenvalue weighted by molar-refractivity contribution is 5.96. The number of rotatable bonds is 2. The summed E-state index contributed by atoms with van der Waals surface area (Å²) in [7, 11) is 0. The van der Waals surface area contributed by atoms with Crippen LogP contribution in [0.5, 0.6) is 0 Å². The normalized spacial score (nSPS) is 13.4. The first-order valence-corrected chi connectivity index (χ1v) is 7.34. The fourth-order valence-electron chi connectivity index (χ4n) is 3.24. The van der Waals surface area contributed by atoms with Crippen molar-refractivity contribution in [1.82, 2.24) is 4.98 Å². The summed E-state index contributed by atoms with van der Waals surface area (Å²) in [6, 6.07) is 16.8. The molecule has 104 valence electrons. The average molecular weight is 275 g/mol. The first-order valence-electron chi connectivity index (χ1n) is 7.34. The zero-order chi connectivity index (χ0) is 14.2. The number of nitrogens with two attached hydrogens (primary N) is 1. The van der Waals surface area contributed by atoms with Crippen molar-refractivity contribution in [3.63, 3.8) is 0 Å². The van der Waals surface area contributed by atoms with Crippen molar-refractivity contribution in [3.8, 4) is 11.1 Å². The van der Waals surface area contributed by atoms with Crippen molar-refractivity contribution in [2.75, 3.05) is 5.43 Å². The highest BCUT2D eigenvalue weighted by Gasteiger charge is 2.19. The lowest BCUT2D eigenvalue weighted by Gasteiger charge is -2.13. The van der Waals surface area contributed by atoms with Crippen LogP contribution in [0.1, 0.15) is 17.7 Å². The molecule has 0 saturated carbocycles. The molecule has 2 aromatic carbocycles. The quantitative estimate of drug-likeness (QED) is 0.554. The fraction of sp³-hybridized carbons (Fsp3) is 0.167. The van der Waals surface area contributed by atoms with Crippen LogP contribution in [-0.2, 0) is 12.8 Å². The third-order valence-corrected chi connectivity index (χ3v) is 4.26. The van der Waals surface area contributed by atoms with Crippen LogP contribution in [0.4, 0.5) is 5.69 Å². The smallest absolute Gasteiger partial charge is 0.0727 e. The molecule has 1 heterocycles. The van der Waals surface area contributed by atoms with E-state index in [1.165, 1.54) is 28.8 Å². The molecule has 3 nitrogen and oxygen atoms in total. The minimum atomic E-state index is 1.02. The number of hydrogen-bond acceptors (Lipinski definition) is 3. The van der Waals surface area contributed by atoms with E-state index in [-0.39, 0.29) is 0 Å². The second kappa shape index (κ2) is 4.86. The number of nitrogen functional groups attached to an aromatic ring is 1. The van der Waals surface area contributed by atoms with Crippen molar-refractivity contribution in [1.29, 1.82) is 0 Å². The summed E-state index contributed by atoms with van der Waals surface area (Å²) in [5.74, 6) is 5.80. The van der Waals surface area contributed by atoms with Crippen molar-refractivity contribution in [2.45, 2.75) is 19.3 Å². The topological polar surface area (TPSA) is 50.9 Å². The van der Waals surface area contributed by atoms with Gasteiger partial charge in [-0.1, -0.05) is 36.4 Å². The van der Waals surface area contributed by atoms with Crippen molar-refractivity contribution < 1.29 is 0 Å². The van der Waals surface area contributed by atoms with E-state index in [0.29, 0.717) is 0 Å². The van der Waals surface area contributed by atoms with E-state index in [1.54, 1.807) is 0 Å². The summed E-state index contributed by atoms with van der Waals surface area (Å²) in [4.78, 5) is 4.80. The average Bonchev–Trinajstić information content (AvgIpc) is 3.01.